The average molecular weight is 347 g/mol. The summed E-state index contributed by atoms with van der Waals surface area (Å²) in [5, 5.41) is 4.01. The quantitative estimate of drug-likeness (QED) is 0.832. The minimum absolute atomic E-state index is 0.729. The van der Waals surface area contributed by atoms with Crippen LogP contribution in [0.5, 0.6) is 0 Å². The van der Waals surface area contributed by atoms with E-state index >= 15 is 0 Å². The van der Waals surface area contributed by atoms with Gasteiger partial charge in [-0.1, -0.05) is 60.7 Å². The summed E-state index contributed by atoms with van der Waals surface area (Å²) in [6.07, 6.45) is 5.54. The number of nitrogens with one attached hydrogen (secondary N) is 1. The van der Waals surface area contributed by atoms with E-state index in [0.717, 1.165) is 36.4 Å². The van der Waals surface area contributed by atoms with Crippen molar-refractivity contribution in [3.05, 3.63) is 71.8 Å². The Kier molecular flexibility index (Phi) is 4.56. The van der Waals surface area contributed by atoms with Crippen LogP contribution in [-0.4, -0.2) is 30.1 Å². The third kappa shape index (κ3) is 3.45. The SMILES string of the molecule is c1ccc(CN2CCC(C3CCC3N[C@@H]3C[C@H]3c3ccccc3)C2)cc1. The second-order valence-corrected chi connectivity index (χ2v) is 8.64. The van der Waals surface area contributed by atoms with Gasteiger partial charge in [0.2, 0.25) is 0 Å². The van der Waals surface area contributed by atoms with Gasteiger partial charge in [-0.05, 0) is 55.2 Å². The highest BCUT2D eigenvalue weighted by Gasteiger charge is 2.45. The van der Waals surface area contributed by atoms with Crippen molar-refractivity contribution < 1.29 is 0 Å². The second-order valence-electron chi connectivity index (χ2n) is 8.64. The molecule has 0 bridgehead atoms. The van der Waals surface area contributed by atoms with E-state index in [0.29, 0.717) is 0 Å². The number of benzene rings is 2. The van der Waals surface area contributed by atoms with Gasteiger partial charge in [0.05, 0.1) is 0 Å². The third-order valence-electron chi connectivity index (χ3n) is 6.94. The van der Waals surface area contributed by atoms with Crippen molar-refractivity contribution in [3.63, 3.8) is 0 Å². The summed E-state index contributed by atoms with van der Waals surface area (Å²) in [6, 6.07) is 23.5. The molecule has 2 nitrogen and oxygen atoms in total. The molecule has 26 heavy (non-hydrogen) atoms. The molecule has 3 unspecified atom stereocenters. The summed E-state index contributed by atoms with van der Waals surface area (Å²) in [6.45, 7) is 3.70. The lowest BCUT2D eigenvalue weighted by atomic mass is 9.71. The summed E-state index contributed by atoms with van der Waals surface area (Å²) < 4.78 is 0. The zero-order valence-electron chi connectivity index (χ0n) is 15.6. The normalized spacial score (nSPS) is 33.8. The van der Waals surface area contributed by atoms with Crippen LogP contribution in [-0.2, 0) is 6.54 Å². The lowest BCUT2D eigenvalue weighted by Gasteiger charge is -2.41. The van der Waals surface area contributed by atoms with Crippen molar-refractivity contribution in [2.24, 2.45) is 11.8 Å². The predicted molar refractivity (Wildman–Crippen MR) is 107 cm³/mol. The fraction of sp³-hybridized carbons (Fsp3) is 0.500. The molecule has 136 valence electrons. The van der Waals surface area contributed by atoms with Crippen LogP contribution in [0.1, 0.15) is 42.7 Å². The molecule has 2 saturated carbocycles. The summed E-state index contributed by atoms with van der Waals surface area (Å²) >= 11 is 0. The maximum Gasteiger partial charge on any atom is 0.0233 e. The number of likely N-dealkylation sites (tertiary alicyclic amines) is 1. The van der Waals surface area contributed by atoms with E-state index in [1.165, 1.54) is 49.9 Å². The Labute approximate surface area is 157 Å². The molecule has 2 heteroatoms. The van der Waals surface area contributed by atoms with Gasteiger partial charge < -0.3 is 5.32 Å². The van der Waals surface area contributed by atoms with Gasteiger partial charge >= 0.3 is 0 Å². The molecule has 5 rings (SSSR count). The number of rotatable bonds is 6. The first kappa shape index (κ1) is 16.5. The number of hydrogen-bond donors (Lipinski definition) is 1. The van der Waals surface area contributed by atoms with Gasteiger partial charge in [-0.25, -0.2) is 0 Å². The van der Waals surface area contributed by atoms with Gasteiger partial charge in [0.15, 0.2) is 0 Å². The largest absolute Gasteiger partial charge is 0.310 e. The lowest BCUT2D eigenvalue weighted by molar-refractivity contribution is 0.133. The molecular weight excluding hydrogens is 316 g/mol. The molecule has 0 amide bonds. The van der Waals surface area contributed by atoms with Crippen LogP contribution in [0, 0.1) is 11.8 Å². The molecule has 0 spiro atoms. The van der Waals surface area contributed by atoms with Gasteiger partial charge in [0.1, 0.15) is 0 Å². The average Bonchev–Trinajstić information content (AvgIpc) is 3.31. The van der Waals surface area contributed by atoms with Gasteiger partial charge in [0.25, 0.3) is 0 Å². The minimum atomic E-state index is 0.729. The topological polar surface area (TPSA) is 15.3 Å². The fourth-order valence-electron chi connectivity index (χ4n) is 5.22. The summed E-state index contributed by atoms with van der Waals surface area (Å²) in [7, 11) is 0. The molecule has 0 aromatic heterocycles. The number of nitrogens with zero attached hydrogens (tertiary/aromatic N) is 1. The molecule has 3 fully saturated rings. The Balaban J connectivity index is 1.12. The molecule has 5 atom stereocenters. The van der Waals surface area contributed by atoms with E-state index in [9.17, 15) is 0 Å². The molecule has 3 aliphatic rings. The van der Waals surface area contributed by atoms with Crippen molar-refractivity contribution in [3.8, 4) is 0 Å². The molecule has 1 N–H and O–H groups in total. The van der Waals surface area contributed by atoms with Crippen LogP contribution in [0.15, 0.2) is 60.7 Å². The van der Waals surface area contributed by atoms with E-state index in [2.05, 4.69) is 70.9 Å². The number of hydrogen-bond acceptors (Lipinski definition) is 2. The Morgan fingerprint density at radius 2 is 1.62 bits per heavy atom. The second kappa shape index (κ2) is 7.17. The lowest BCUT2D eigenvalue weighted by Crippen LogP contribution is -2.48. The first-order valence-electron chi connectivity index (χ1n) is 10.4. The third-order valence-corrected chi connectivity index (χ3v) is 6.94. The van der Waals surface area contributed by atoms with Crippen LogP contribution < -0.4 is 5.32 Å². The van der Waals surface area contributed by atoms with Gasteiger partial charge in [-0.2, -0.15) is 0 Å². The molecule has 1 heterocycles. The van der Waals surface area contributed by atoms with Crippen LogP contribution in [0.4, 0.5) is 0 Å². The molecule has 0 radical (unpaired) electrons. The maximum atomic E-state index is 4.01. The van der Waals surface area contributed by atoms with Crippen molar-refractivity contribution in [2.75, 3.05) is 13.1 Å². The van der Waals surface area contributed by atoms with Crippen molar-refractivity contribution >= 4 is 0 Å². The molecule has 2 aromatic carbocycles. The zero-order chi connectivity index (χ0) is 17.3. The maximum absolute atomic E-state index is 4.01. The molecule has 2 aromatic rings. The Hall–Kier alpha value is -1.64. The minimum Gasteiger partial charge on any atom is -0.310 e. The van der Waals surface area contributed by atoms with E-state index in [-0.39, 0.29) is 0 Å². The molecule has 1 aliphatic heterocycles. The van der Waals surface area contributed by atoms with Crippen LogP contribution >= 0.6 is 0 Å². The first-order valence-corrected chi connectivity index (χ1v) is 10.4. The standard InChI is InChI=1S/C24H30N2/c1-3-7-18(8-4-1)16-26-14-13-20(17-26)21-11-12-23(21)25-24-15-22(24)19-9-5-2-6-10-19/h1-10,20-25H,11-17H2/t20?,21?,22-,23?,24+/m0/s1. The summed E-state index contributed by atoms with van der Waals surface area (Å²) in [5.74, 6) is 2.57. The smallest absolute Gasteiger partial charge is 0.0233 e. The van der Waals surface area contributed by atoms with E-state index in [4.69, 9.17) is 0 Å². The predicted octanol–water partition coefficient (Wildman–Crippen LogP) is 4.43. The zero-order valence-corrected chi connectivity index (χ0v) is 15.6. The van der Waals surface area contributed by atoms with Crippen molar-refractivity contribution in [2.45, 2.75) is 50.2 Å². The molecule has 2 aliphatic carbocycles. The highest BCUT2D eigenvalue weighted by Crippen LogP contribution is 2.45. The summed E-state index contributed by atoms with van der Waals surface area (Å²) in [5.41, 5.74) is 2.98. The van der Waals surface area contributed by atoms with Crippen molar-refractivity contribution in [1.29, 1.82) is 0 Å². The van der Waals surface area contributed by atoms with Crippen LogP contribution in [0.3, 0.4) is 0 Å². The van der Waals surface area contributed by atoms with E-state index in [1.54, 1.807) is 0 Å². The molecule has 1 saturated heterocycles. The molecular formula is C24H30N2. The Bertz CT molecular complexity index is 714. The van der Waals surface area contributed by atoms with Gasteiger partial charge in [0, 0.05) is 31.1 Å². The summed E-state index contributed by atoms with van der Waals surface area (Å²) in [4.78, 5) is 2.67. The van der Waals surface area contributed by atoms with Crippen LogP contribution in [0.25, 0.3) is 0 Å². The fourth-order valence-corrected chi connectivity index (χ4v) is 5.22. The van der Waals surface area contributed by atoms with Crippen LogP contribution in [0.2, 0.25) is 0 Å². The first-order chi connectivity index (χ1) is 12.9. The van der Waals surface area contributed by atoms with Crippen molar-refractivity contribution in [1.82, 2.24) is 10.2 Å². The highest BCUT2D eigenvalue weighted by molar-refractivity contribution is 5.28. The Morgan fingerprint density at radius 1 is 0.846 bits per heavy atom. The van der Waals surface area contributed by atoms with E-state index < -0.39 is 0 Å². The highest BCUT2D eigenvalue weighted by atomic mass is 15.1. The van der Waals surface area contributed by atoms with Gasteiger partial charge in [-0.15, -0.1) is 0 Å². The monoisotopic (exact) mass is 346 g/mol. The van der Waals surface area contributed by atoms with Gasteiger partial charge in [-0.3, -0.25) is 4.90 Å². The van der Waals surface area contributed by atoms with E-state index in [1.807, 2.05) is 0 Å². The Morgan fingerprint density at radius 3 is 2.35 bits per heavy atom.